The minimum Gasteiger partial charge on any atom is -0.463 e. The molecule has 1 aliphatic heterocycles. The Morgan fingerprint density at radius 3 is 2.42 bits per heavy atom. The van der Waals surface area contributed by atoms with Crippen LogP contribution in [0.3, 0.4) is 0 Å². The van der Waals surface area contributed by atoms with Gasteiger partial charge < -0.3 is 14.2 Å². The molecule has 0 fully saturated rings. The van der Waals surface area contributed by atoms with Crippen molar-refractivity contribution in [2.24, 2.45) is 0 Å². The molecule has 1 heterocycles. The molecule has 0 saturated carbocycles. The van der Waals surface area contributed by atoms with E-state index in [0.717, 1.165) is 33.0 Å². The summed E-state index contributed by atoms with van der Waals surface area (Å²) in [6.45, 7) is 3.84. The first kappa shape index (κ1) is 16.8. The van der Waals surface area contributed by atoms with Gasteiger partial charge in [0.1, 0.15) is 0 Å². The molecule has 6 heteroatoms. The predicted octanol–water partition coefficient (Wildman–Crippen LogP) is 3.28. The van der Waals surface area contributed by atoms with Crippen LogP contribution >= 0.6 is 11.8 Å². The van der Waals surface area contributed by atoms with Gasteiger partial charge >= 0.3 is 16.9 Å². The molecular formula is C18H18O5S. The highest BCUT2D eigenvalue weighted by Crippen LogP contribution is 2.46. The summed E-state index contributed by atoms with van der Waals surface area (Å²) in [7, 11) is 0. The van der Waals surface area contributed by atoms with E-state index in [1.165, 1.54) is 0 Å². The van der Waals surface area contributed by atoms with Crippen molar-refractivity contribution in [3.05, 3.63) is 42.0 Å². The van der Waals surface area contributed by atoms with Crippen LogP contribution in [0.4, 0.5) is 0 Å². The van der Waals surface area contributed by atoms with E-state index in [1.807, 2.05) is 36.4 Å². The highest BCUT2D eigenvalue weighted by atomic mass is 32.2. The Bertz CT molecular complexity index is 768. The zero-order chi connectivity index (χ0) is 17.2. The van der Waals surface area contributed by atoms with Crippen LogP contribution in [0.5, 0.6) is 0 Å². The second-order valence-corrected chi connectivity index (χ2v) is 6.41. The lowest BCUT2D eigenvalue weighted by Crippen LogP contribution is -2.49. The van der Waals surface area contributed by atoms with Gasteiger partial charge in [-0.15, -0.1) is 0 Å². The Kier molecular flexibility index (Phi) is 4.78. The number of thioether (sulfide) groups is 1. The van der Waals surface area contributed by atoms with E-state index in [-0.39, 0.29) is 19.8 Å². The molecule has 0 spiro atoms. The molecule has 1 aliphatic rings. The summed E-state index contributed by atoms with van der Waals surface area (Å²) in [5, 5.41) is 2.01. The van der Waals surface area contributed by atoms with E-state index in [1.54, 1.807) is 13.8 Å². The van der Waals surface area contributed by atoms with Crippen LogP contribution in [-0.2, 0) is 30.4 Å². The standard InChI is InChI=1S/C18H18O5S/c1-3-21-16(19)18(17(20)22-4-2)23-11-13-10-9-12-7-5-6-8-14(12)15(13)24-18/h5-10H,3-4,11H2,1-2H3. The molecule has 0 atom stereocenters. The molecule has 126 valence electrons. The first-order valence-electron chi connectivity index (χ1n) is 7.80. The van der Waals surface area contributed by atoms with Crippen molar-refractivity contribution in [2.45, 2.75) is 30.3 Å². The van der Waals surface area contributed by atoms with E-state index in [9.17, 15) is 9.59 Å². The monoisotopic (exact) mass is 346 g/mol. The fraction of sp³-hybridized carbons (Fsp3) is 0.333. The molecule has 2 aromatic carbocycles. The minimum atomic E-state index is -1.82. The lowest BCUT2D eigenvalue weighted by atomic mass is 10.1. The van der Waals surface area contributed by atoms with Crippen LogP contribution in [0.2, 0.25) is 0 Å². The maximum Gasteiger partial charge on any atom is 0.361 e. The van der Waals surface area contributed by atoms with Crippen molar-refractivity contribution >= 4 is 34.5 Å². The topological polar surface area (TPSA) is 61.8 Å². The van der Waals surface area contributed by atoms with Gasteiger partial charge in [-0.25, -0.2) is 9.59 Å². The molecule has 0 saturated heterocycles. The summed E-state index contributed by atoms with van der Waals surface area (Å²) in [6, 6.07) is 11.8. The van der Waals surface area contributed by atoms with Crippen LogP contribution in [0.15, 0.2) is 41.3 Å². The summed E-state index contributed by atoms with van der Waals surface area (Å²) >= 11 is 1.06. The third-order valence-corrected chi connectivity index (χ3v) is 5.15. The van der Waals surface area contributed by atoms with Crippen LogP contribution in [0, 0.1) is 0 Å². The average Bonchev–Trinajstić information content (AvgIpc) is 2.61. The Labute approximate surface area is 144 Å². The maximum atomic E-state index is 12.5. The van der Waals surface area contributed by atoms with Crippen LogP contribution < -0.4 is 0 Å². The summed E-state index contributed by atoms with van der Waals surface area (Å²) < 4.78 is 15.9. The average molecular weight is 346 g/mol. The molecule has 0 aliphatic carbocycles. The smallest absolute Gasteiger partial charge is 0.361 e. The van der Waals surface area contributed by atoms with Gasteiger partial charge in [0.25, 0.3) is 0 Å². The van der Waals surface area contributed by atoms with Gasteiger partial charge in [0.05, 0.1) is 19.8 Å². The van der Waals surface area contributed by atoms with Crippen LogP contribution in [0.25, 0.3) is 10.8 Å². The zero-order valence-electron chi connectivity index (χ0n) is 13.5. The number of benzene rings is 2. The molecule has 24 heavy (non-hydrogen) atoms. The van der Waals surface area contributed by atoms with Gasteiger partial charge in [-0.05, 0) is 30.2 Å². The third kappa shape index (κ3) is 2.76. The first-order valence-corrected chi connectivity index (χ1v) is 8.62. The van der Waals surface area contributed by atoms with Crippen LogP contribution in [0.1, 0.15) is 19.4 Å². The van der Waals surface area contributed by atoms with Crippen molar-refractivity contribution in [3.8, 4) is 0 Å². The van der Waals surface area contributed by atoms with Gasteiger partial charge in [-0.3, -0.25) is 0 Å². The molecule has 0 aromatic heterocycles. The van der Waals surface area contributed by atoms with Gasteiger partial charge in [-0.1, -0.05) is 48.2 Å². The number of ether oxygens (including phenoxy) is 3. The SMILES string of the molecule is CCOC(=O)C1(C(=O)OCC)OCc2ccc3ccccc3c2S1. The molecule has 5 nitrogen and oxygen atoms in total. The first-order chi connectivity index (χ1) is 11.6. The fourth-order valence-corrected chi connectivity index (χ4v) is 3.86. The predicted molar refractivity (Wildman–Crippen MR) is 90.6 cm³/mol. The lowest BCUT2D eigenvalue weighted by Gasteiger charge is -2.33. The highest BCUT2D eigenvalue weighted by Gasteiger charge is 2.54. The Morgan fingerprint density at radius 2 is 1.75 bits per heavy atom. The Morgan fingerprint density at radius 1 is 1.08 bits per heavy atom. The van der Waals surface area contributed by atoms with Crippen molar-refractivity contribution in [1.82, 2.24) is 0 Å². The molecule has 0 bridgehead atoms. The number of hydrogen-bond acceptors (Lipinski definition) is 6. The molecule has 0 radical (unpaired) electrons. The van der Waals surface area contributed by atoms with Crippen molar-refractivity contribution in [1.29, 1.82) is 0 Å². The Hall–Kier alpha value is -2.05. The quantitative estimate of drug-likeness (QED) is 0.625. The summed E-state index contributed by atoms with van der Waals surface area (Å²) in [6.07, 6.45) is 0. The summed E-state index contributed by atoms with van der Waals surface area (Å²) in [5.41, 5.74) is 0.933. The molecule has 0 N–H and O–H groups in total. The van der Waals surface area contributed by atoms with E-state index in [4.69, 9.17) is 14.2 Å². The number of carbonyl (C=O) groups excluding carboxylic acids is 2. The van der Waals surface area contributed by atoms with Crippen molar-refractivity contribution in [3.63, 3.8) is 0 Å². The highest BCUT2D eigenvalue weighted by molar-refractivity contribution is 8.02. The minimum absolute atomic E-state index is 0.144. The maximum absolute atomic E-state index is 12.5. The summed E-state index contributed by atoms with van der Waals surface area (Å²) in [4.78, 5) is 24.1. The van der Waals surface area contributed by atoms with Gasteiger partial charge in [0.2, 0.25) is 0 Å². The van der Waals surface area contributed by atoms with Crippen LogP contribution in [-0.4, -0.2) is 30.1 Å². The van der Waals surface area contributed by atoms with E-state index in [0.29, 0.717) is 0 Å². The number of rotatable bonds is 4. The zero-order valence-corrected chi connectivity index (χ0v) is 14.4. The van der Waals surface area contributed by atoms with Crippen molar-refractivity contribution in [2.75, 3.05) is 13.2 Å². The molecule has 0 amide bonds. The normalized spacial score (nSPS) is 15.6. The molecule has 3 rings (SSSR count). The van der Waals surface area contributed by atoms with Gasteiger partial charge in [0, 0.05) is 4.90 Å². The van der Waals surface area contributed by atoms with Crippen molar-refractivity contribution < 1.29 is 23.8 Å². The largest absolute Gasteiger partial charge is 0.463 e. The van der Waals surface area contributed by atoms with E-state index < -0.39 is 16.9 Å². The third-order valence-electron chi connectivity index (χ3n) is 3.73. The van der Waals surface area contributed by atoms with E-state index in [2.05, 4.69) is 0 Å². The molecule has 0 unspecified atom stereocenters. The molecular weight excluding hydrogens is 328 g/mol. The van der Waals surface area contributed by atoms with Gasteiger partial charge in [0.15, 0.2) is 0 Å². The second-order valence-electron chi connectivity index (χ2n) is 5.22. The molecule has 2 aromatic rings. The number of esters is 2. The number of fused-ring (bicyclic) bond motifs is 3. The second kappa shape index (κ2) is 6.83. The van der Waals surface area contributed by atoms with E-state index >= 15 is 0 Å². The number of hydrogen-bond donors (Lipinski definition) is 0. The fourth-order valence-electron chi connectivity index (χ4n) is 2.61. The Balaban J connectivity index is 2.10. The lowest BCUT2D eigenvalue weighted by molar-refractivity contribution is -0.179. The number of carbonyl (C=O) groups is 2. The van der Waals surface area contributed by atoms with Gasteiger partial charge in [-0.2, -0.15) is 0 Å². The summed E-state index contributed by atoms with van der Waals surface area (Å²) in [5.74, 6) is -1.46.